The number of benzene rings is 2. The summed E-state index contributed by atoms with van der Waals surface area (Å²) >= 11 is 0. The molecule has 1 atom stereocenters. The molecule has 0 saturated heterocycles. The lowest BCUT2D eigenvalue weighted by Crippen LogP contribution is -2.27. The van der Waals surface area contributed by atoms with Crippen LogP contribution in [-0.4, -0.2) is 36.2 Å². The van der Waals surface area contributed by atoms with Crippen LogP contribution >= 0.6 is 0 Å². The number of hydrogen-bond acceptors (Lipinski definition) is 5. The van der Waals surface area contributed by atoms with Gasteiger partial charge in [-0.3, -0.25) is 14.9 Å². The van der Waals surface area contributed by atoms with Crippen LogP contribution in [0.15, 0.2) is 65.3 Å². The average molecular weight is 477 g/mol. The van der Waals surface area contributed by atoms with Crippen LogP contribution in [-0.2, 0) is 9.53 Å². The van der Waals surface area contributed by atoms with E-state index in [1.165, 1.54) is 12.3 Å². The Balaban J connectivity index is 1.30. The molecular formula is C27H28N2O6. The SMILES string of the molecule is CC(CCNC(=O)c1occc1NC(=O)OCC1c2ccccc2-c2ccccc21)CCC(=O)O. The van der Waals surface area contributed by atoms with Gasteiger partial charge in [0.15, 0.2) is 0 Å². The molecule has 1 aliphatic rings. The summed E-state index contributed by atoms with van der Waals surface area (Å²) in [6.45, 7) is 2.46. The van der Waals surface area contributed by atoms with E-state index in [9.17, 15) is 14.4 Å². The summed E-state index contributed by atoms with van der Waals surface area (Å²) in [5.74, 6) is -1.23. The fraction of sp³-hybridized carbons (Fsp3) is 0.296. The first-order valence-corrected chi connectivity index (χ1v) is 11.6. The average Bonchev–Trinajstić information content (AvgIpc) is 3.44. The summed E-state index contributed by atoms with van der Waals surface area (Å²) in [5, 5.41) is 14.1. The Hall–Kier alpha value is -4.07. The molecule has 4 rings (SSSR count). The normalized spacial score (nSPS) is 12.9. The highest BCUT2D eigenvalue weighted by molar-refractivity contribution is 6.00. The Morgan fingerprint density at radius 1 is 1.00 bits per heavy atom. The Morgan fingerprint density at radius 3 is 2.31 bits per heavy atom. The van der Waals surface area contributed by atoms with E-state index in [1.807, 2.05) is 43.3 Å². The van der Waals surface area contributed by atoms with Crippen molar-refractivity contribution in [1.29, 1.82) is 0 Å². The molecule has 182 valence electrons. The number of aliphatic carboxylic acids is 1. The first kappa shape index (κ1) is 24.1. The summed E-state index contributed by atoms with van der Waals surface area (Å²) in [7, 11) is 0. The molecule has 8 nitrogen and oxygen atoms in total. The van der Waals surface area contributed by atoms with Crippen LogP contribution in [0, 0.1) is 5.92 Å². The van der Waals surface area contributed by atoms with Crippen molar-refractivity contribution in [3.8, 4) is 11.1 Å². The molecule has 0 saturated carbocycles. The maximum Gasteiger partial charge on any atom is 0.411 e. The maximum atomic E-state index is 12.5. The molecule has 0 bridgehead atoms. The van der Waals surface area contributed by atoms with Crippen LogP contribution in [0.3, 0.4) is 0 Å². The molecule has 35 heavy (non-hydrogen) atoms. The van der Waals surface area contributed by atoms with Crippen molar-refractivity contribution in [3.05, 3.63) is 77.7 Å². The van der Waals surface area contributed by atoms with Gasteiger partial charge in [0.05, 0.1) is 12.0 Å². The quantitative estimate of drug-likeness (QED) is 0.367. The summed E-state index contributed by atoms with van der Waals surface area (Å²) in [4.78, 5) is 35.7. The van der Waals surface area contributed by atoms with Crippen molar-refractivity contribution in [2.45, 2.75) is 32.1 Å². The first-order valence-electron chi connectivity index (χ1n) is 11.6. The van der Waals surface area contributed by atoms with Crippen molar-refractivity contribution in [3.63, 3.8) is 0 Å². The molecule has 1 aromatic heterocycles. The van der Waals surface area contributed by atoms with E-state index in [4.69, 9.17) is 14.3 Å². The smallest absolute Gasteiger partial charge is 0.411 e. The second-order valence-corrected chi connectivity index (χ2v) is 8.70. The Kier molecular flexibility index (Phi) is 7.50. The predicted octanol–water partition coefficient (Wildman–Crippen LogP) is 5.26. The van der Waals surface area contributed by atoms with E-state index in [2.05, 4.69) is 22.8 Å². The van der Waals surface area contributed by atoms with Crippen LogP contribution < -0.4 is 10.6 Å². The second-order valence-electron chi connectivity index (χ2n) is 8.70. The minimum absolute atomic E-state index is 0.0169. The largest absolute Gasteiger partial charge is 0.481 e. The van der Waals surface area contributed by atoms with Gasteiger partial charge >= 0.3 is 12.1 Å². The number of carboxylic acids is 1. The number of ether oxygens (including phenoxy) is 1. The number of anilines is 1. The highest BCUT2D eigenvalue weighted by Crippen LogP contribution is 2.44. The van der Waals surface area contributed by atoms with Crippen LogP contribution in [0.5, 0.6) is 0 Å². The standard InChI is InChI=1S/C27H28N2O6/c1-17(10-11-24(30)31)12-14-28-26(32)25-23(13-15-34-25)29-27(33)35-16-22-20-8-4-2-6-18(20)19-7-3-5-9-21(19)22/h2-9,13,15,17,22H,10-12,14,16H2,1H3,(H,28,32)(H,29,33)(H,30,31). The zero-order valence-corrected chi connectivity index (χ0v) is 19.5. The molecule has 1 unspecified atom stereocenters. The van der Waals surface area contributed by atoms with Crippen LogP contribution in [0.25, 0.3) is 11.1 Å². The van der Waals surface area contributed by atoms with Crippen molar-refractivity contribution >= 4 is 23.7 Å². The van der Waals surface area contributed by atoms with Crippen LogP contribution in [0.4, 0.5) is 10.5 Å². The number of carbonyl (C=O) groups excluding carboxylic acids is 2. The van der Waals surface area contributed by atoms with Crippen LogP contribution in [0.1, 0.15) is 53.8 Å². The van der Waals surface area contributed by atoms with Gasteiger partial charge in [-0.05, 0) is 41.0 Å². The van der Waals surface area contributed by atoms with Gasteiger partial charge in [-0.2, -0.15) is 0 Å². The van der Waals surface area contributed by atoms with Gasteiger partial charge in [0, 0.05) is 24.9 Å². The second kappa shape index (κ2) is 10.9. The van der Waals surface area contributed by atoms with Crippen molar-refractivity contribution in [1.82, 2.24) is 5.32 Å². The molecule has 1 heterocycles. The molecule has 2 aromatic carbocycles. The number of hydrogen-bond donors (Lipinski definition) is 3. The van der Waals surface area contributed by atoms with Crippen molar-refractivity contribution in [2.75, 3.05) is 18.5 Å². The molecule has 2 amide bonds. The monoisotopic (exact) mass is 476 g/mol. The highest BCUT2D eigenvalue weighted by atomic mass is 16.5. The van der Waals surface area contributed by atoms with E-state index in [1.54, 1.807) is 0 Å². The molecular weight excluding hydrogens is 448 g/mol. The molecule has 0 spiro atoms. The fourth-order valence-corrected chi connectivity index (χ4v) is 4.35. The van der Waals surface area contributed by atoms with Gasteiger partial charge in [-0.15, -0.1) is 0 Å². The number of nitrogens with one attached hydrogen (secondary N) is 2. The van der Waals surface area contributed by atoms with Gasteiger partial charge < -0.3 is 19.6 Å². The molecule has 0 radical (unpaired) electrons. The topological polar surface area (TPSA) is 118 Å². The Labute approximate surface area is 203 Å². The van der Waals surface area contributed by atoms with E-state index < -0.39 is 18.0 Å². The highest BCUT2D eigenvalue weighted by Gasteiger charge is 2.29. The van der Waals surface area contributed by atoms with Gasteiger partial charge in [0.2, 0.25) is 5.76 Å². The number of carboxylic acid groups (broad SMARTS) is 1. The lowest BCUT2D eigenvalue weighted by Gasteiger charge is -2.14. The Morgan fingerprint density at radius 2 is 1.66 bits per heavy atom. The summed E-state index contributed by atoms with van der Waals surface area (Å²) in [6, 6.07) is 17.6. The fourth-order valence-electron chi connectivity index (χ4n) is 4.35. The van der Waals surface area contributed by atoms with Crippen LogP contribution in [0.2, 0.25) is 0 Å². The number of furan rings is 1. The molecule has 3 aromatic rings. The van der Waals surface area contributed by atoms with E-state index in [0.717, 1.165) is 22.3 Å². The maximum absolute atomic E-state index is 12.5. The minimum atomic E-state index is -0.833. The van der Waals surface area contributed by atoms with Crippen molar-refractivity contribution < 1.29 is 28.6 Å². The number of rotatable bonds is 10. The van der Waals surface area contributed by atoms with E-state index >= 15 is 0 Å². The number of carbonyl (C=O) groups is 3. The lowest BCUT2D eigenvalue weighted by molar-refractivity contribution is -0.137. The summed E-state index contributed by atoms with van der Waals surface area (Å²) < 4.78 is 10.8. The summed E-state index contributed by atoms with van der Waals surface area (Å²) in [5.41, 5.74) is 4.73. The lowest BCUT2D eigenvalue weighted by atomic mass is 9.98. The third kappa shape index (κ3) is 5.71. The van der Waals surface area contributed by atoms with Gasteiger partial charge in [0.25, 0.3) is 5.91 Å². The number of amides is 2. The van der Waals surface area contributed by atoms with E-state index in [-0.39, 0.29) is 36.3 Å². The van der Waals surface area contributed by atoms with Gasteiger partial charge in [-0.1, -0.05) is 55.5 Å². The zero-order valence-electron chi connectivity index (χ0n) is 19.5. The zero-order chi connectivity index (χ0) is 24.8. The van der Waals surface area contributed by atoms with Gasteiger partial charge in [0.1, 0.15) is 6.61 Å². The molecule has 8 heteroatoms. The molecule has 0 aliphatic heterocycles. The Bertz CT molecular complexity index is 1170. The predicted molar refractivity (Wildman–Crippen MR) is 130 cm³/mol. The van der Waals surface area contributed by atoms with Crippen molar-refractivity contribution in [2.24, 2.45) is 5.92 Å². The first-order chi connectivity index (χ1) is 16.9. The number of fused-ring (bicyclic) bond motifs is 3. The third-order valence-electron chi connectivity index (χ3n) is 6.23. The molecule has 1 aliphatic carbocycles. The molecule has 3 N–H and O–H groups in total. The third-order valence-corrected chi connectivity index (χ3v) is 6.23. The van der Waals surface area contributed by atoms with E-state index in [0.29, 0.717) is 19.4 Å². The molecule has 0 fully saturated rings. The van der Waals surface area contributed by atoms with Gasteiger partial charge in [-0.25, -0.2) is 4.79 Å². The summed E-state index contributed by atoms with van der Waals surface area (Å²) in [6.07, 6.45) is 1.92. The minimum Gasteiger partial charge on any atom is -0.481 e.